The van der Waals surface area contributed by atoms with E-state index in [4.69, 9.17) is 9.84 Å². The van der Waals surface area contributed by atoms with E-state index in [1.807, 2.05) is 6.92 Å². The van der Waals surface area contributed by atoms with Crippen molar-refractivity contribution in [1.82, 2.24) is 5.32 Å². The maximum Gasteiger partial charge on any atom is 0.335 e. The fraction of sp³-hybridized carbons (Fsp3) is 0.385. The quantitative estimate of drug-likeness (QED) is 0.838. The van der Waals surface area contributed by atoms with Crippen molar-refractivity contribution in [3.05, 3.63) is 29.3 Å². The maximum absolute atomic E-state index is 13.6. The lowest BCUT2D eigenvalue weighted by molar-refractivity contribution is -0.127. The van der Waals surface area contributed by atoms with Gasteiger partial charge in [-0.15, -0.1) is 0 Å². The van der Waals surface area contributed by atoms with Crippen molar-refractivity contribution >= 4 is 11.9 Å². The molecule has 1 atom stereocenters. The van der Waals surface area contributed by atoms with Gasteiger partial charge in [0.05, 0.1) is 5.56 Å². The Balaban J connectivity index is 2.87. The molecular weight excluding hydrogens is 272 g/mol. The van der Waals surface area contributed by atoms with Gasteiger partial charge in [0.15, 0.2) is 23.5 Å². The number of amides is 1. The number of ether oxygens (including phenoxy) is 1. The second-order valence-electron chi connectivity index (χ2n) is 4.13. The molecule has 1 amide bonds. The summed E-state index contributed by atoms with van der Waals surface area (Å²) >= 11 is 0. The Hall–Kier alpha value is -2.18. The second-order valence-corrected chi connectivity index (χ2v) is 4.13. The van der Waals surface area contributed by atoms with Crippen molar-refractivity contribution < 1.29 is 28.2 Å². The standard InChI is InChI=1S/C13H15F2NO4/c1-3-4-16-12(17)7(2)20-11-9(14)5-8(13(18)19)6-10(11)15/h5-7H,3-4H2,1-2H3,(H,16,17)(H,18,19). The molecule has 0 aliphatic carbocycles. The highest BCUT2D eigenvalue weighted by Gasteiger charge is 2.21. The molecular formula is C13H15F2NO4. The molecule has 0 aliphatic rings. The molecule has 20 heavy (non-hydrogen) atoms. The number of aromatic carboxylic acids is 1. The Morgan fingerprint density at radius 3 is 2.35 bits per heavy atom. The lowest BCUT2D eigenvalue weighted by atomic mass is 10.2. The van der Waals surface area contributed by atoms with Gasteiger partial charge in [0, 0.05) is 6.54 Å². The molecule has 0 saturated carbocycles. The highest BCUT2D eigenvalue weighted by molar-refractivity contribution is 5.87. The number of nitrogens with one attached hydrogen (secondary N) is 1. The zero-order valence-corrected chi connectivity index (χ0v) is 11.1. The van der Waals surface area contributed by atoms with E-state index in [9.17, 15) is 18.4 Å². The summed E-state index contributed by atoms with van der Waals surface area (Å²) in [7, 11) is 0. The van der Waals surface area contributed by atoms with Crippen LogP contribution in [0, 0.1) is 11.6 Å². The molecule has 0 aliphatic heterocycles. The summed E-state index contributed by atoms with van der Waals surface area (Å²) < 4.78 is 32.1. The lowest BCUT2D eigenvalue weighted by Gasteiger charge is -2.15. The van der Waals surface area contributed by atoms with Gasteiger partial charge in [0.2, 0.25) is 0 Å². The third kappa shape index (κ3) is 3.91. The Labute approximate surface area is 114 Å². The molecule has 2 N–H and O–H groups in total. The van der Waals surface area contributed by atoms with Crippen molar-refractivity contribution in [2.24, 2.45) is 0 Å². The van der Waals surface area contributed by atoms with Crippen LogP contribution in [0.5, 0.6) is 5.75 Å². The predicted octanol–water partition coefficient (Wildman–Crippen LogP) is 1.96. The molecule has 1 aromatic rings. The summed E-state index contributed by atoms with van der Waals surface area (Å²) in [5, 5.41) is 11.2. The number of rotatable bonds is 6. The zero-order chi connectivity index (χ0) is 15.3. The van der Waals surface area contributed by atoms with Gasteiger partial charge < -0.3 is 15.2 Å². The highest BCUT2D eigenvalue weighted by Crippen LogP contribution is 2.24. The molecule has 7 heteroatoms. The van der Waals surface area contributed by atoms with Gasteiger partial charge in [-0.05, 0) is 25.5 Å². The Kier molecular flexibility index (Phi) is 5.42. The average Bonchev–Trinajstić information content (AvgIpc) is 2.39. The zero-order valence-electron chi connectivity index (χ0n) is 11.1. The van der Waals surface area contributed by atoms with Crippen LogP contribution in [-0.4, -0.2) is 29.6 Å². The van der Waals surface area contributed by atoms with Crippen LogP contribution in [0.25, 0.3) is 0 Å². The van der Waals surface area contributed by atoms with Gasteiger partial charge >= 0.3 is 5.97 Å². The van der Waals surface area contributed by atoms with Crippen LogP contribution in [0.15, 0.2) is 12.1 Å². The molecule has 1 rings (SSSR count). The molecule has 0 spiro atoms. The minimum absolute atomic E-state index is 0.426. The van der Waals surface area contributed by atoms with Crippen LogP contribution in [0.4, 0.5) is 8.78 Å². The largest absolute Gasteiger partial charge is 0.478 e. The van der Waals surface area contributed by atoms with E-state index in [1.54, 1.807) is 0 Å². The van der Waals surface area contributed by atoms with Crippen molar-refractivity contribution in [3.8, 4) is 5.75 Å². The number of hydrogen-bond acceptors (Lipinski definition) is 3. The van der Waals surface area contributed by atoms with E-state index < -0.39 is 40.9 Å². The monoisotopic (exact) mass is 287 g/mol. The number of halogens is 2. The third-order valence-corrected chi connectivity index (χ3v) is 2.46. The molecule has 0 radical (unpaired) electrons. The van der Waals surface area contributed by atoms with Crippen LogP contribution in [-0.2, 0) is 4.79 Å². The molecule has 1 unspecified atom stereocenters. The summed E-state index contributed by atoms with van der Waals surface area (Å²) in [5.74, 6) is -5.07. The Morgan fingerprint density at radius 2 is 1.90 bits per heavy atom. The highest BCUT2D eigenvalue weighted by atomic mass is 19.1. The molecule has 110 valence electrons. The van der Waals surface area contributed by atoms with Gasteiger partial charge in [-0.3, -0.25) is 4.79 Å². The Morgan fingerprint density at radius 1 is 1.35 bits per heavy atom. The molecule has 0 bridgehead atoms. The summed E-state index contributed by atoms with van der Waals surface area (Å²) in [6.45, 7) is 3.63. The number of carboxylic acid groups (broad SMARTS) is 1. The van der Waals surface area contributed by atoms with Gasteiger partial charge in [-0.1, -0.05) is 6.92 Å². The summed E-state index contributed by atoms with van der Waals surface area (Å²) in [5.41, 5.74) is -0.532. The fourth-order valence-electron chi connectivity index (χ4n) is 1.42. The minimum atomic E-state index is -1.46. The fourth-order valence-corrected chi connectivity index (χ4v) is 1.42. The van der Waals surface area contributed by atoms with Crippen LogP contribution >= 0.6 is 0 Å². The predicted molar refractivity (Wildman–Crippen MR) is 66.7 cm³/mol. The van der Waals surface area contributed by atoms with Gasteiger partial charge in [0.1, 0.15) is 0 Å². The van der Waals surface area contributed by atoms with Crippen molar-refractivity contribution in [3.63, 3.8) is 0 Å². The number of hydrogen-bond donors (Lipinski definition) is 2. The van der Waals surface area contributed by atoms with Crippen molar-refractivity contribution in [2.45, 2.75) is 26.4 Å². The van der Waals surface area contributed by atoms with Crippen LogP contribution in [0.2, 0.25) is 0 Å². The van der Waals surface area contributed by atoms with E-state index >= 15 is 0 Å². The van der Waals surface area contributed by atoms with Gasteiger partial charge in [-0.25, -0.2) is 13.6 Å². The lowest BCUT2D eigenvalue weighted by Crippen LogP contribution is -2.37. The van der Waals surface area contributed by atoms with E-state index in [-0.39, 0.29) is 0 Å². The molecule has 0 saturated heterocycles. The van der Waals surface area contributed by atoms with E-state index in [2.05, 4.69) is 5.32 Å². The normalized spacial score (nSPS) is 11.8. The first-order chi connectivity index (χ1) is 9.36. The molecule has 0 heterocycles. The smallest absolute Gasteiger partial charge is 0.335 e. The first kappa shape index (κ1) is 15.9. The van der Waals surface area contributed by atoms with Gasteiger partial charge in [0.25, 0.3) is 5.91 Å². The minimum Gasteiger partial charge on any atom is -0.478 e. The first-order valence-corrected chi connectivity index (χ1v) is 6.03. The first-order valence-electron chi connectivity index (χ1n) is 6.03. The van der Waals surface area contributed by atoms with Crippen molar-refractivity contribution in [2.75, 3.05) is 6.54 Å². The van der Waals surface area contributed by atoms with Crippen molar-refractivity contribution in [1.29, 1.82) is 0 Å². The summed E-state index contributed by atoms with van der Waals surface area (Å²) in [4.78, 5) is 22.2. The number of carbonyl (C=O) groups excluding carboxylic acids is 1. The summed E-state index contributed by atoms with van der Waals surface area (Å²) in [6, 6.07) is 1.27. The maximum atomic E-state index is 13.6. The average molecular weight is 287 g/mol. The topological polar surface area (TPSA) is 75.6 Å². The van der Waals surface area contributed by atoms with Crippen LogP contribution in [0.1, 0.15) is 30.6 Å². The third-order valence-electron chi connectivity index (χ3n) is 2.46. The Bertz CT molecular complexity index is 496. The molecule has 0 fully saturated rings. The van der Waals surface area contributed by atoms with Crippen LogP contribution in [0.3, 0.4) is 0 Å². The van der Waals surface area contributed by atoms with E-state index in [0.717, 1.165) is 0 Å². The second kappa shape index (κ2) is 6.83. The molecule has 0 aromatic heterocycles. The number of carbonyl (C=O) groups is 2. The SMILES string of the molecule is CCCNC(=O)C(C)Oc1c(F)cc(C(=O)O)cc1F. The summed E-state index contributed by atoms with van der Waals surface area (Å²) in [6.07, 6.45) is -0.379. The van der Waals surface area contributed by atoms with E-state index in [1.165, 1.54) is 6.92 Å². The number of carboxylic acids is 1. The number of benzene rings is 1. The van der Waals surface area contributed by atoms with E-state index in [0.29, 0.717) is 25.1 Å². The molecule has 1 aromatic carbocycles. The van der Waals surface area contributed by atoms with Crippen LogP contribution < -0.4 is 10.1 Å². The van der Waals surface area contributed by atoms with Gasteiger partial charge in [-0.2, -0.15) is 0 Å². The molecule has 5 nitrogen and oxygen atoms in total.